The number of hydrogen-bond acceptors (Lipinski definition) is 4. The Balaban J connectivity index is 2.98. The largest absolute Gasteiger partial charge is 0.481 e. The number of rotatable bonds is 3. The molecule has 0 aromatic heterocycles. The van der Waals surface area contributed by atoms with Gasteiger partial charge in [0.2, 0.25) is 15.9 Å². The van der Waals surface area contributed by atoms with E-state index >= 15 is 0 Å². The smallest absolute Gasteiger partial charge is 0.305 e. The van der Waals surface area contributed by atoms with Crippen molar-refractivity contribution < 1.29 is 23.1 Å². The van der Waals surface area contributed by atoms with Gasteiger partial charge in [-0.1, -0.05) is 0 Å². The molecule has 0 spiro atoms. The van der Waals surface area contributed by atoms with Gasteiger partial charge >= 0.3 is 5.97 Å². The molecule has 0 saturated carbocycles. The van der Waals surface area contributed by atoms with Crippen molar-refractivity contribution in [1.82, 2.24) is 9.21 Å². The number of nitrogens with zero attached hydrogens (tertiary/aromatic N) is 2. The molecule has 1 amide bonds. The Morgan fingerprint density at radius 2 is 1.89 bits per heavy atom. The summed E-state index contributed by atoms with van der Waals surface area (Å²) in [6.07, 6.45) is 0.752. The predicted molar refractivity (Wildman–Crippen MR) is 64.4 cm³/mol. The second-order valence-corrected chi connectivity index (χ2v) is 6.54. The highest BCUT2D eigenvalue weighted by atomic mass is 32.2. The molecule has 1 fully saturated rings. The van der Waals surface area contributed by atoms with E-state index in [-0.39, 0.29) is 31.5 Å². The Labute approximate surface area is 106 Å². The van der Waals surface area contributed by atoms with Crippen LogP contribution in [0.2, 0.25) is 0 Å². The standard InChI is InChI=1S/C10H18N2O5S/c1-7-5-12(18(3,16)17)9(4-10(14)15)6-11(7)8(2)13/h7,9H,4-6H2,1-3H3,(H,14,15)/t7-,9-/m1/s1. The fourth-order valence-electron chi connectivity index (χ4n) is 2.22. The van der Waals surface area contributed by atoms with Crippen LogP contribution in [0.5, 0.6) is 0 Å². The highest BCUT2D eigenvalue weighted by Gasteiger charge is 2.38. The summed E-state index contributed by atoms with van der Waals surface area (Å²) in [7, 11) is -3.47. The first-order valence-electron chi connectivity index (χ1n) is 5.58. The van der Waals surface area contributed by atoms with Crippen LogP contribution in [0, 0.1) is 0 Å². The average molecular weight is 278 g/mol. The van der Waals surface area contributed by atoms with E-state index < -0.39 is 22.0 Å². The van der Waals surface area contributed by atoms with Gasteiger partial charge in [0.05, 0.1) is 18.7 Å². The van der Waals surface area contributed by atoms with Gasteiger partial charge < -0.3 is 10.0 Å². The van der Waals surface area contributed by atoms with E-state index in [1.165, 1.54) is 16.1 Å². The minimum absolute atomic E-state index is 0.121. The van der Waals surface area contributed by atoms with Gasteiger partial charge in [-0.05, 0) is 6.92 Å². The zero-order valence-electron chi connectivity index (χ0n) is 10.7. The lowest BCUT2D eigenvalue weighted by Crippen LogP contribution is -2.60. The fraction of sp³-hybridized carbons (Fsp3) is 0.800. The summed E-state index contributed by atoms with van der Waals surface area (Å²) in [6.45, 7) is 3.40. The number of aliphatic carboxylic acids is 1. The zero-order chi connectivity index (χ0) is 14.1. The van der Waals surface area contributed by atoms with Crippen LogP contribution in [0.4, 0.5) is 0 Å². The van der Waals surface area contributed by atoms with Crippen LogP contribution in [-0.2, 0) is 19.6 Å². The Morgan fingerprint density at radius 3 is 2.28 bits per heavy atom. The number of piperazine rings is 1. The number of carboxylic acid groups (broad SMARTS) is 1. The maximum atomic E-state index is 11.6. The van der Waals surface area contributed by atoms with E-state index in [4.69, 9.17) is 5.11 Å². The van der Waals surface area contributed by atoms with Gasteiger partial charge in [0, 0.05) is 26.1 Å². The lowest BCUT2D eigenvalue weighted by Gasteiger charge is -2.43. The topological polar surface area (TPSA) is 95.0 Å². The lowest BCUT2D eigenvalue weighted by molar-refractivity contribution is -0.141. The highest BCUT2D eigenvalue weighted by Crippen LogP contribution is 2.20. The molecule has 0 bridgehead atoms. The Kier molecular flexibility index (Phi) is 4.33. The lowest BCUT2D eigenvalue weighted by atomic mass is 10.1. The molecule has 1 heterocycles. The maximum absolute atomic E-state index is 11.6. The van der Waals surface area contributed by atoms with Gasteiger partial charge in [-0.2, -0.15) is 4.31 Å². The summed E-state index contributed by atoms with van der Waals surface area (Å²) in [4.78, 5) is 23.7. The quantitative estimate of drug-likeness (QED) is 0.739. The SMILES string of the molecule is CC(=O)N1C[C@@H](CC(=O)O)N(S(C)(=O)=O)C[C@H]1C. The van der Waals surface area contributed by atoms with Crippen LogP contribution in [0.1, 0.15) is 20.3 Å². The molecule has 18 heavy (non-hydrogen) atoms. The van der Waals surface area contributed by atoms with E-state index in [1.807, 2.05) is 0 Å². The molecule has 2 atom stereocenters. The number of amides is 1. The Bertz CT molecular complexity index is 447. The molecule has 0 unspecified atom stereocenters. The first kappa shape index (κ1) is 14.9. The van der Waals surface area contributed by atoms with E-state index in [1.54, 1.807) is 6.92 Å². The molecule has 0 radical (unpaired) electrons. The summed E-state index contributed by atoms with van der Waals surface area (Å²) in [5, 5.41) is 8.82. The van der Waals surface area contributed by atoms with Crippen molar-refractivity contribution >= 4 is 21.9 Å². The maximum Gasteiger partial charge on any atom is 0.305 e. The van der Waals surface area contributed by atoms with Crippen LogP contribution < -0.4 is 0 Å². The molecule has 1 N–H and O–H groups in total. The minimum atomic E-state index is -3.47. The Morgan fingerprint density at radius 1 is 1.33 bits per heavy atom. The molecule has 8 heteroatoms. The second-order valence-electron chi connectivity index (χ2n) is 4.60. The summed E-state index contributed by atoms with van der Waals surface area (Å²) < 4.78 is 24.4. The van der Waals surface area contributed by atoms with Crippen molar-refractivity contribution in [3.05, 3.63) is 0 Å². The molecule has 1 saturated heterocycles. The molecular weight excluding hydrogens is 260 g/mol. The first-order valence-corrected chi connectivity index (χ1v) is 7.43. The molecule has 0 aliphatic carbocycles. The molecule has 1 rings (SSSR count). The van der Waals surface area contributed by atoms with Crippen molar-refractivity contribution in [3.63, 3.8) is 0 Å². The highest BCUT2D eigenvalue weighted by molar-refractivity contribution is 7.88. The van der Waals surface area contributed by atoms with Gasteiger partial charge in [-0.15, -0.1) is 0 Å². The minimum Gasteiger partial charge on any atom is -0.481 e. The normalized spacial score (nSPS) is 26.1. The summed E-state index contributed by atoms with van der Waals surface area (Å²) >= 11 is 0. The third-order valence-electron chi connectivity index (χ3n) is 3.03. The van der Waals surface area contributed by atoms with Crippen molar-refractivity contribution in [1.29, 1.82) is 0 Å². The van der Waals surface area contributed by atoms with E-state index in [0.717, 1.165) is 6.26 Å². The monoisotopic (exact) mass is 278 g/mol. The zero-order valence-corrected chi connectivity index (χ0v) is 11.5. The van der Waals surface area contributed by atoms with Gasteiger partial charge in [-0.25, -0.2) is 8.42 Å². The van der Waals surface area contributed by atoms with E-state index in [2.05, 4.69) is 0 Å². The average Bonchev–Trinajstić information content (AvgIpc) is 2.17. The second kappa shape index (κ2) is 5.23. The number of carboxylic acids is 1. The van der Waals surface area contributed by atoms with Gasteiger partial charge in [0.25, 0.3) is 0 Å². The molecule has 104 valence electrons. The van der Waals surface area contributed by atoms with Crippen molar-refractivity contribution in [2.24, 2.45) is 0 Å². The van der Waals surface area contributed by atoms with Gasteiger partial charge in [-0.3, -0.25) is 9.59 Å². The number of carbonyl (C=O) groups is 2. The number of sulfonamides is 1. The van der Waals surface area contributed by atoms with Crippen molar-refractivity contribution in [2.45, 2.75) is 32.4 Å². The molecule has 0 aromatic carbocycles. The molecular formula is C10H18N2O5S. The molecule has 1 aliphatic heterocycles. The van der Waals surface area contributed by atoms with Crippen LogP contribution in [0.25, 0.3) is 0 Å². The van der Waals surface area contributed by atoms with Gasteiger partial charge in [0.1, 0.15) is 0 Å². The summed E-state index contributed by atoms with van der Waals surface area (Å²) in [6, 6.07) is -0.945. The molecule has 0 aromatic rings. The summed E-state index contributed by atoms with van der Waals surface area (Å²) in [5.41, 5.74) is 0. The number of carbonyl (C=O) groups excluding carboxylic acids is 1. The fourth-order valence-corrected chi connectivity index (χ4v) is 3.39. The van der Waals surface area contributed by atoms with Crippen LogP contribution in [0.15, 0.2) is 0 Å². The van der Waals surface area contributed by atoms with E-state index in [0.29, 0.717) is 0 Å². The van der Waals surface area contributed by atoms with E-state index in [9.17, 15) is 18.0 Å². The number of hydrogen-bond donors (Lipinski definition) is 1. The first-order chi connectivity index (χ1) is 8.12. The van der Waals surface area contributed by atoms with Crippen LogP contribution >= 0.6 is 0 Å². The molecule has 1 aliphatic rings. The third-order valence-corrected chi connectivity index (χ3v) is 4.33. The third kappa shape index (κ3) is 3.42. The van der Waals surface area contributed by atoms with Crippen molar-refractivity contribution in [2.75, 3.05) is 19.3 Å². The molecule has 7 nitrogen and oxygen atoms in total. The van der Waals surface area contributed by atoms with Gasteiger partial charge in [0.15, 0.2) is 0 Å². The Hall–Kier alpha value is -1.15. The van der Waals surface area contributed by atoms with Crippen LogP contribution in [0.3, 0.4) is 0 Å². The summed E-state index contributed by atoms with van der Waals surface area (Å²) in [5.74, 6) is -1.25. The van der Waals surface area contributed by atoms with Crippen LogP contribution in [-0.4, -0.2) is 66.0 Å². The predicted octanol–water partition coefficient (Wildman–Crippen LogP) is -0.658. The van der Waals surface area contributed by atoms with Crippen molar-refractivity contribution in [3.8, 4) is 0 Å².